The van der Waals surface area contributed by atoms with Crippen LogP contribution in [0.4, 0.5) is 33.8 Å². The molecule has 198 valence electrons. The monoisotopic (exact) mass is 522 g/mol. The van der Waals surface area contributed by atoms with Gasteiger partial charge in [0.15, 0.2) is 0 Å². The van der Waals surface area contributed by atoms with Gasteiger partial charge in [-0.3, -0.25) is 0 Å². The molecule has 2 aliphatic rings. The lowest BCUT2D eigenvalue weighted by Crippen LogP contribution is -2.50. The molecule has 4 heterocycles. The van der Waals surface area contributed by atoms with Gasteiger partial charge in [-0.2, -0.15) is 4.98 Å². The van der Waals surface area contributed by atoms with Crippen LogP contribution in [0.25, 0.3) is 11.1 Å². The molecule has 2 aromatic carbocycles. The lowest BCUT2D eigenvalue weighted by atomic mass is 10.0. The number of nitrogens with zero attached hydrogens (tertiary/aromatic N) is 5. The summed E-state index contributed by atoms with van der Waals surface area (Å²) >= 11 is 0. The Morgan fingerprint density at radius 2 is 1.79 bits per heavy atom. The summed E-state index contributed by atoms with van der Waals surface area (Å²) in [4.78, 5) is 29.2. The van der Waals surface area contributed by atoms with Crippen LogP contribution >= 0.6 is 0 Å². The average molecular weight is 523 g/mol. The predicted molar refractivity (Wildman–Crippen MR) is 152 cm³/mol. The minimum Gasteiger partial charge on any atom is -0.493 e. The van der Waals surface area contributed by atoms with Gasteiger partial charge in [0.1, 0.15) is 17.4 Å². The third-order valence-corrected chi connectivity index (χ3v) is 6.97. The lowest BCUT2D eigenvalue weighted by Gasteiger charge is -2.34. The van der Waals surface area contributed by atoms with E-state index in [2.05, 4.69) is 44.8 Å². The molecule has 39 heavy (non-hydrogen) atoms. The Bertz CT molecular complexity index is 1500. The summed E-state index contributed by atoms with van der Waals surface area (Å²) in [7, 11) is 0. The molecule has 0 spiro atoms. The summed E-state index contributed by atoms with van der Waals surface area (Å²) in [6.45, 7) is 5.12. The molecule has 2 aliphatic heterocycles. The molecule has 0 radical (unpaired) electrons. The molecule has 0 saturated carbocycles. The minimum absolute atomic E-state index is 0.373. The number of nitrogens with two attached hydrogens (primary N) is 1. The number of hydrogen-bond donors (Lipinski definition) is 3. The molecule has 2 aromatic heterocycles. The molecule has 0 atom stereocenters. The van der Waals surface area contributed by atoms with Gasteiger partial charge >= 0.3 is 6.03 Å². The number of hydrogen-bond acceptors (Lipinski definition) is 8. The summed E-state index contributed by atoms with van der Waals surface area (Å²) in [6, 6.07) is 18.0. The van der Waals surface area contributed by atoms with Gasteiger partial charge in [0.2, 0.25) is 5.95 Å². The van der Waals surface area contributed by atoms with E-state index in [0.29, 0.717) is 38.7 Å². The van der Waals surface area contributed by atoms with E-state index in [4.69, 9.17) is 20.4 Å². The molecule has 1 saturated heterocycles. The predicted octanol–water partition coefficient (Wildman–Crippen LogP) is 4.47. The first-order valence-corrected chi connectivity index (χ1v) is 13.0. The second-order valence-corrected chi connectivity index (χ2v) is 9.74. The Morgan fingerprint density at radius 1 is 0.923 bits per heavy atom. The van der Waals surface area contributed by atoms with Crippen molar-refractivity contribution in [3.05, 3.63) is 78.1 Å². The number of amides is 2. The fraction of sp³-hybridized carbons (Fsp3) is 0.241. The van der Waals surface area contributed by atoms with Gasteiger partial charge in [0.05, 0.1) is 6.61 Å². The van der Waals surface area contributed by atoms with Gasteiger partial charge in [-0.05, 0) is 54.4 Å². The van der Waals surface area contributed by atoms with E-state index in [1.807, 2.05) is 43.5 Å². The second kappa shape index (κ2) is 10.5. The van der Waals surface area contributed by atoms with Gasteiger partial charge in [0.25, 0.3) is 0 Å². The lowest BCUT2D eigenvalue weighted by molar-refractivity contribution is 0.204. The van der Waals surface area contributed by atoms with E-state index < -0.39 is 0 Å². The highest BCUT2D eigenvalue weighted by molar-refractivity contribution is 5.73. The number of ether oxygens (including phenoxy) is 1. The Kier molecular flexibility index (Phi) is 6.58. The van der Waals surface area contributed by atoms with Crippen molar-refractivity contribution in [1.29, 1.82) is 0 Å². The van der Waals surface area contributed by atoms with Crippen LogP contribution in [-0.4, -0.2) is 58.7 Å². The third kappa shape index (κ3) is 5.54. The number of rotatable bonds is 2. The Labute approximate surface area is 226 Å². The molecule has 10 heteroatoms. The zero-order valence-electron chi connectivity index (χ0n) is 21.7. The number of pyridine rings is 1. The fourth-order valence-electron chi connectivity index (χ4n) is 4.82. The van der Waals surface area contributed by atoms with Gasteiger partial charge in [-0.15, -0.1) is 0 Å². The summed E-state index contributed by atoms with van der Waals surface area (Å²) < 4.78 is 6.08. The van der Waals surface area contributed by atoms with Crippen molar-refractivity contribution >= 4 is 35.0 Å². The first-order chi connectivity index (χ1) is 19.0. The molecule has 1 fully saturated rings. The molecule has 6 rings (SSSR count). The van der Waals surface area contributed by atoms with Crippen molar-refractivity contribution in [3.63, 3.8) is 0 Å². The SMILES string of the molecule is Cc1cnc2nc1Nc1cccc(c1)OCCc1cc(cc(-c3ccc(N4CCN(C(N)=O)CC4)nc3)c1)N2. The standard InChI is InChI=1S/C29H30N8O2/c1-19-17-32-29-34-24-14-20(7-12-39-25-4-2-3-23(16-25)33-27(19)35-29)13-22(15-24)21-5-6-26(31-18-21)36-8-10-37(11-9-36)28(30)38/h2-6,13-18H,7-12H2,1H3,(H2,30,38)(H2,32,33,34,35). The molecule has 4 N–H and O–H groups in total. The highest BCUT2D eigenvalue weighted by Crippen LogP contribution is 2.29. The van der Waals surface area contributed by atoms with E-state index in [9.17, 15) is 4.79 Å². The van der Waals surface area contributed by atoms with Crippen LogP contribution < -0.4 is 26.0 Å². The Hall–Kier alpha value is -4.86. The smallest absolute Gasteiger partial charge is 0.314 e. The van der Waals surface area contributed by atoms with Gasteiger partial charge in [-0.25, -0.2) is 14.8 Å². The molecule has 4 aromatic rings. The summed E-state index contributed by atoms with van der Waals surface area (Å²) in [5.41, 5.74) is 11.3. The number of anilines is 5. The number of carbonyl (C=O) groups is 1. The maximum Gasteiger partial charge on any atom is 0.314 e. The number of benzene rings is 2. The molecule has 10 nitrogen and oxygen atoms in total. The van der Waals surface area contributed by atoms with Crippen LogP contribution in [-0.2, 0) is 6.42 Å². The zero-order valence-corrected chi connectivity index (χ0v) is 21.7. The summed E-state index contributed by atoms with van der Waals surface area (Å²) in [6.07, 6.45) is 4.43. The number of nitrogens with one attached hydrogen (secondary N) is 2. The van der Waals surface area contributed by atoms with Crippen LogP contribution in [0.15, 0.2) is 67.0 Å². The third-order valence-electron chi connectivity index (χ3n) is 6.97. The Morgan fingerprint density at radius 3 is 2.59 bits per heavy atom. The number of urea groups is 1. The zero-order chi connectivity index (χ0) is 26.8. The van der Waals surface area contributed by atoms with Crippen LogP contribution in [0.2, 0.25) is 0 Å². The highest BCUT2D eigenvalue weighted by Gasteiger charge is 2.20. The van der Waals surface area contributed by atoms with Crippen molar-refractivity contribution in [2.75, 3.05) is 48.3 Å². The van der Waals surface area contributed by atoms with Crippen molar-refractivity contribution in [3.8, 4) is 16.9 Å². The number of primary amides is 1. The number of aromatic nitrogens is 3. The van der Waals surface area contributed by atoms with E-state index >= 15 is 0 Å². The van der Waals surface area contributed by atoms with Crippen LogP contribution in [0, 0.1) is 6.92 Å². The summed E-state index contributed by atoms with van der Waals surface area (Å²) in [5, 5.41) is 6.77. The van der Waals surface area contributed by atoms with E-state index in [1.54, 1.807) is 11.1 Å². The van der Waals surface area contributed by atoms with Crippen molar-refractivity contribution < 1.29 is 9.53 Å². The molecular formula is C29H30N8O2. The average Bonchev–Trinajstić information content (AvgIpc) is 2.95. The summed E-state index contributed by atoms with van der Waals surface area (Å²) in [5.74, 6) is 2.93. The number of carbonyl (C=O) groups excluding carboxylic acids is 1. The minimum atomic E-state index is -0.373. The van der Waals surface area contributed by atoms with Crippen molar-refractivity contribution in [1.82, 2.24) is 19.9 Å². The molecular weight excluding hydrogens is 492 g/mol. The second-order valence-electron chi connectivity index (χ2n) is 9.74. The number of piperazine rings is 1. The fourth-order valence-corrected chi connectivity index (χ4v) is 4.82. The van der Waals surface area contributed by atoms with Gasteiger partial charge < -0.3 is 30.9 Å². The molecule has 0 aliphatic carbocycles. The van der Waals surface area contributed by atoms with Crippen LogP contribution in [0.5, 0.6) is 5.75 Å². The molecule has 6 bridgehead atoms. The van der Waals surface area contributed by atoms with Gasteiger partial charge in [0, 0.05) is 73.6 Å². The normalized spacial score (nSPS) is 14.9. The van der Waals surface area contributed by atoms with Crippen molar-refractivity contribution in [2.24, 2.45) is 5.73 Å². The van der Waals surface area contributed by atoms with Crippen molar-refractivity contribution in [2.45, 2.75) is 13.3 Å². The van der Waals surface area contributed by atoms with E-state index in [-0.39, 0.29) is 6.03 Å². The topological polar surface area (TPSA) is 122 Å². The maximum atomic E-state index is 11.4. The molecule has 2 amide bonds. The van der Waals surface area contributed by atoms with Crippen LogP contribution in [0.3, 0.4) is 0 Å². The largest absolute Gasteiger partial charge is 0.493 e. The molecule has 0 unspecified atom stereocenters. The Balaban J connectivity index is 1.28. The number of aryl methyl sites for hydroxylation is 1. The highest BCUT2D eigenvalue weighted by atomic mass is 16.5. The van der Waals surface area contributed by atoms with E-state index in [0.717, 1.165) is 57.4 Å². The first-order valence-electron chi connectivity index (χ1n) is 13.0. The van der Waals surface area contributed by atoms with Gasteiger partial charge in [-0.1, -0.05) is 12.1 Å². The maximum absolute atomic E-state index is 11.4. The number of fused-ring (bicyclic) bond motifs is 6. The van der Waals surface area contributed by atoms with Crippen LogP contribution in [0.1, 0.15) is 11.1 Å². The first kappa shape index (κ1) is 24.5. The van der Waals surface area contributed by atoms with E-state index in [1.165, 1.54) is 0 Å². The quantitative estimate of drug-likeness (QED) is 0.353.